The molecule has 1 aromatic rings. The smallest absolute Gasteiger partial charge is 0.224 e. The largest absolute Gasteiger partial charge is 0.508 e. The van der Waals surface area contributed by atoms with Gasteiger partial charge in [0.25, 0.3) is 0 Å². The molecule has 0 fully saturated rings. The number of carbonyl (C=O) groups is 2. The van der Waals surface area contributed by atoms with E-state index in [0.29, 0.717) is 30.6 Å². The van der Waals surface area contributed by atoms with Crippen molar-refractivity contribution in [3.8, 4) is 5.75 Å². The number of fused-ring (bicyclic) bond motifs is 3. The van der Waals surface area contributed by atoms with Crippen LogP contribution >= 0.6 is 0 Å². The number of anilines is 1. The number of phenolic OH excluding ortho intramolecular Hbond substituents is 1. The fourth-order valence-electron chi connectivity index (χ4n) is 3.88. The quantitative estimate of drug-likeness (QED) is 0.725. The number of hydrogen-bond donors (Lipinski definition) is 3. The molecule has 5 heteroatoms. The van der Waals surface area contributed by atoms with Crippen molar-refractivity contribution in [2.24, 2.45) is 5.92 Å². The maximum atomic E-state index is 13.1. The van der Waals surface area contributed by atoms with Crippen LogP contribution in [0.3, 0.4) is 0 Å². The van der Waals surface area contributed by atoms with E-state index in [-0.39, 0.29) is 29.3 Å². The lowest BCUT2D eigenvalue weighted by molar-refractivity contribution is -0.116. The number of Topliss-reactive ketones (excluding diaryl/α,β-unsaturated/α-hetero) is 1. The third-order valence-electron chi connectivity index (χ3n) is 5.17. The average Bonchev–Trinajstić information content (AvgIpc) is 2.53. The van der Waals surface area contributed by atoms with Gasteiger partial charge in [-0.05, 0) is 37.3 Å². The van der Waals surface area contributed by atoms with Gasteiger partial charge in [-0.25, -0.2) is 0 Å². The minimum atomic E-state index is -0.0598. The topological polar surface area (TPSA) is 78.4 Å². The van der Waals surface area contributed by atoms with Crippen molar-refractivity contribution in [1.29, 1.82) is 0 Å². The Balaban J connectivity index is 1.91. The molecule has 130 valence electrons. The van der Waals surface area contributed by atoms with Gasteiger partial charge < -0.3 is 15.7 Å². The van der Waals surface area contributed by atoms with Crippen LogP contribution < -0.4 is 10.6 Å². The minimum absolute atomic E-state index is 0.00106. The first-order chi connectivity index (χ1) is 11.5. The van der Waals surface area contributed by atoms with Crippen LogP contribution in [0.25, 0.3) is 0 Å². The molecule has 3 N–H and O–H groups in total. The monoisotopic (exact) mass is 330 g/mol. The summed E-state index contributed by atoms with van der Waals surface area (Å²) in [7, 11) is 0. The van der Waals surface area contributed by atoms with Crippen molar-refractivity contribution in [2.75, 3.05) is 18.4 Å². The van der Waals surface area contributed by atoms with Gasteiger partial charge >= 0.3 is 0 Å². The highest BCUT2D eigenvalue weighted by Gasteiger charge is 2.36. The zero-order chi connectivity index (χ0) is 17.3. The molecule has 0 saturated heterocycles. The van der Waals surface area contributed by atoms with Crippen LogP contribution in [-0.2, 0) is 11.2 Å². The van der Waals surface area contributed by atoms with Crippen molar-refractivity contribution in [1.82, 2.24) is 5.32 Å². The van der Waals surface area contributed by atoms with E-state index in [1.165, 1.54) is 0 Å². The zero-order valence-electron chi connectivity index (χ0n) is 14.4. The van der Waals surface area contributed by atoms with Crippen molar-refractivity contribution >= 4 is 17.4 Å². The predicted octanol–water partition coefficient (Wildman–Crippen LogP) is 2.97. The maximum absolute atomic E-state index is 13.1. The number of unbranched alkanes of at least 4 members (excludes halogenated alkanes) is 1. The van der Waals surface area contributed by atoms with Crippen LogP contribution in [0.2, 0.25) is 0 Å². The van der Waals surface area contributed by atoms with Gasteiger partial charge in [-0.15, -0.1) is 0 Å². The molecular weight excluding hydrogens is 304 g/mol. The van der Waals surface area contributed by atoms with E-state index in [1.54, 1.807) is 6.07 Å². The number of hydrogen-bond acceptors (Lipinski definition) is 4. The van der Waals surface area contributed by atoms with Gasteiger partial charge in [-0.1, -0.05) is 20.3 Å². The number of phenols is 1. The van der Waals surface area contributed by atoms with E-state index < -0.39 is 0 Å². The first-order valence-corrected chi connectivity index (χ1v) is 8.96. The Kier molecular flexibility index (Phi) is 4.90. The summed E-state index contributed by atoms with van der Waals surface area (Å²) in [6.45, 7) is 5.74. The first-order valence-electron chi connectivity index (χ1n) is 8.96. The van der Waals surface area contributed by atoms with Gasteiger partial charge in [-0.3, -0.25) is 9.59 Å². The van der Waals surface area contributed by atoms with Crippen LogP contribution in [0.1, 0.15) is 66.9 Å². The molecule has 0 bridgehead atoms. The van der Waals surface area contributed by atoms with Gasteiger partial charge in [-0.2, -0.15) is 0 Å². The van der Waals surface area contributed by atoms with Crippen molar-refractivity contribution in [2.45, 2.75) is 51.9 Å². The Bertz CT molecular complexity index is 669. The van der Waals surface area contributed by atoms with Crippen molar-refractivity contribution < 1.29 is 14.7 Å². The van der Waals surface area contributed by atoms with Gasteiger partial charge in [0.2, 0.25) is 5.91 Å². The molecule has 1 amide bonds. The second-order valence-corrected chi connectivity index (χ2v) is 7.02. The number of carbonyl (C=O) groups excluding carboxylic acids is 2. The normalized spacial score (nSPS) is 22.8. The van der Waals surface area contributed by atoms with E-state index in [0.717, 1.165) is 36.9 Å². The number of rotatable bonds is 5. The van der Waals surface area contributed by atoms with Crippen molar-refractivity contribution in [3.05, 3.63) is 22.8 Å². The Morgan fingerprint density at radius 1 is 1.38 bits per heavy atom. The van der Waals surface area contributed by atoms with Gasteiger partial charge in [0.05, 0.1) is 0 Å². The van der Waals surface area contributed by atoms with E-state index in [1.807, 2.05) is 6.92 Å². The van der Waals surface area contributed by atoms with E-state index >= 15 is 0 Å². The summed E-state index contributed by atoms with van der Waals surface area (Å²) < 4.78 is 0. The lowest BCUT2D eigenvalue weighted by Gasteiger charge is -2.32. The van der Waals surface area contributed by atoms with E-state index in [9.17, 15) is 14.7 Å². The summed E-state index contributed by atoms with van der Waals surface area (Å²) in [5, 5.41) is 16.5. The summed E-state index contributed by atoms with van der Waals surface area (Å²) >= 11 is 0. The Hall–Kier alpha value is -1.88. The molecule has 1 heterocycles. The average molecular weight is 330 g/mol. The van der Waals surface area contributed by atoms with Crippen LogP contribution in [-0.4, -0.2) is 29.9 Å². The molecule has 0 radical (unpaired) electrons. The highest BCUT2D eigenvalue weighted by Crippen LogP contribution is 2.43. The maximum Gasteiger partial charge on any atom is 0.224 e. The van der Waals surface area contributed by atoms with Crippen LogP contribution in [0.5, 0.6) is 5.75 Å². The number of aromatic hydroxyl groups is 1. The summed E-state index contributed by atoms with van der Waals surface area (Å²) in [6, 6.07) is 1.61. The molecule has 1 aromatic carbocycles. The van der Waals surface area contributed by atoms with Crippen LogP contribution in [0.15, 0.2) is 6.07 Å². The second kappa shape index (κ2) is 6.93. The van der Waals surface area contributed by atoms with Crippen LogP contribution in [0, 0.1) is 5.92 Å². The summed E-state index contributed by atoms with van der Waals surface area (Å²) in [6.07, 6.45) is 4.10. The molecule has 24 heavy (non-hydrogen) atoms. The van der Waals surface area contributed by atoms with Gasteiger partial charge in [0.1, 0.15) is 5.75 Å². The molecule has 2 unspecified atom stereocenters. The highest BCUT2D eigenvalue weighted by atomic mass is 16.3. The molecule has 0 saturated carbocycles. The first kappa shape index (κ1) is 17.0. The Morgan fingerprint density at radius 3 is 2.92 bits per heavy atom. The molecular formula is C19H26N2O3. The molecule has 1 aliphatic carbocycles. The lowest BCUT2D eigenvalue weighted by Crippen LogP contribution is -2.35. The molecule has 2 aliphatic rings. The summed E-state index contributed by atoms with van der Waals surface area (Å²) in [5.41, 5.74) is 2.92. The fourth-order valence-corrected chi connectivity index (χ4v) is 3.88. The summed E-state index contributed by atoms with van der Waals surface area (Å²) in [4.78, 5) is 24.8. The zero-order valence-corrected chi connectivity index (χ0v) is 14.4. The van der Waals surface area contributed by atoms with Crippen LogP contribution in [0.4, 0.5) is 5.69 Å². The second-order valence-electron chi connectivity index (χ2n) is 7.02. The SMILES string of the molecule is CCCCNCC1CCc2c(O)cc3c(c2C1=O)C(C)CC(=O)N3. The molecule has 0 aromatic heterocycles. The fraction of sp³-hybridized carbons (Fsp3) is 0.579. The minimum Gasteiger partial charge on any atom is -0.508 e. The number of nitrogens with one attached hydrogen (secondary N) is 2. The number of ketones is 1. The highest BCUT2D eigenvalue weighted by molar-refractivity contribution is 6.06. The van der Waals surface area contributed by atoms with E-state index in [2.05, 4.69) is 17.6 Å². The van der Waals surface area contributed by atoms with Crippen molar-refractivity contribution in [3.63, 3.8) is 0 Å². The molecule has 2 atom stereocenters. The molecule has 5 nitrogen and oxygen atoms in total. The Labute approximate surface area is 142 Å². The third-order valence-corrected chi connectivity index (χ3v) is 5.17. The molecule has 1 aliphatic heterocycles. The van der Waals surface area contributed by atoms with Gasteiger partial charge in [0.15, 0.2) is 5.78 Å². The number of benzene rings is 1. The van der Waals surface area contributed by atoms with Gasteiger partial charge in [0, 0.05) is 41.8 Å². The van der Waals surface area contributed by atoms with E-state index in [4.69, 9.17) is 0 Å². The number of amides is 1. The third kappa shape index (κ3) is 3.05. The Morgan fingerprint density at radius 2 is 2.17 bits per heavy atom. The molecule has 0 spiro atoms. The lowest BCUT2D eigenvalue weighted by atomic mass is 9.75. The molecule has 3 rings (SSSR count). The summed E-state index contributed by atoms with van der Waals surface area (Å²) in [5.74, 6) is 0.124. The standard InChI is InChI=1S/C19H26N2O3/c1-3-4-7-20-10-12-5-6-13-15(22)9-14-17(18(13)19(12)24)11(2)8-16(23)21-14/h9,11-12,20,22H,3-8,10H2,1-2H3,(H,21,23). The predicted molar refractivity (Wildman–Crippen MR) is 93.7 cm³/mol.